The Balaban J connectivity index is 3.33. The minimum absolute atomic E-state index is 0.525. The molecule has 0 radical (unpaired) electrons. The third-order valence-electron chi connectivity index (χ3n) is 2.25. The molecule has 0 bridgehead atoms. The van der Waals surface area contributed by atoms with Gasteiger partial charge in [0.15, 0.2) is 0 Å². The molecule has 0 rings (SSSR count). The molecule has 3 N–H and O–H groups in total. The van der Waals surface area contributed by atoms with E-state index >= 15 is 0 Å². The van der Waals surface area contributed by atoms with Gasteiger partial charge in [-0.25, -0.2) is 0 Å². The highest BCUT2D eigenvalue weighted by Crippen LogP contribution is 2.17. The van der Waals surface area contributed by atoms with E-state index in [-0.39, 0.29) is 0 Å². The Kier molecular flexibility index (Phi) is 6.39. The second-order valence-corrected chi connectivity index (χ2v) is 3.85. The van der Waals surface area contributed by atoms with Crippen LogP contribution in [0.4, 0.5) is 0 Å². The van der Waals surface area contributed by atoms with Gasteiger partial charge in [0.05, 0.1) is 5.60 Å². The van der Waals surface area contributed by atoms with Crippen molar-refractivity contribution in [3.63, 3.8) is 0 Å². The van der Waals surface area contributed by atoms with Crippen molar-refractivity contribution in [2.75, 3.05) is 6.54 Å². The van der Waals surface area contributed by atoms with E-state index in [1.54, 1.807) is 0 Å². The van der Waals surface area contributed by atoms with Gasteiger partial charge in [-0.3, -0.25) is 0 Å². The molecule has 0 aliphatic carbocycles. The highest BCUT2D eigenvalue weighted by atomic mass is 16.3. The number of nitrogens with two attached hydrogens (primary N) is 1. The average molecular weight is 173 g/mol. The standard InChI is InChI=1S/C10H23NO/c1-3-4-5-6-7-10(2,12)8-9-11/h12H,3-9,11H2,1-2H3. The van der Waals surface area contributed by atoms with Gasteiger partial charge >= 0.3 is 0 Å². The number of rotatable bonds is 7. The molecule has 0 saturated carbocycles. The summed E-state index contributed by atoms with van der Waals surface area (Å²) in [5.74, 6) is 0. The van der Waals surface area contributed by atoms with Crippen molar-refractivity contribution < 1.29 is 5.11 Å². The van der Waals surface area contributed by atoms with Crippen LogP contribution < -0.4 is 5.73 Å². The molecule has 0 saturated heterocycles. The second-order valence-electron chi connectivity index (χ2n) is 3.85. The topological polar surface area (TPSA) is 46.2 Å². The van der Waals surface area contributed by atoms with E-state index in [4.69, 9.17) is 5.73 Å². The maximum Gasteiger partial charge on any atom is 0.0631 e. The molecule has 2 heteroatoms. The molecule has 0 fully saturated rings. The SMILES string of the molecule is CCCCCCC(C)(O)CCN. The van der Waals surface area contributed by atoms with E-state index in [0.717, 1.165) is 19.3 Å². The first-order valence-corrected chi connectivity index (χ1v) is 5.05. The van der Waals surface area contributed by atoms with E-state index in [1.165, 1.54) is 19.3 Å². The minimum atomic E-state index is -0.525. The third kappa shape index (κ3) is 6.62. The Morgan fingerprint density at radius 3 is 2.33 bits per heavy atom. The zero-order valence-corrected chi connectivity index (χ0v) is 8.47. The summed E-state index contributed by atoms with van der Waals surface area (Å²) < 4.78 is 0. The van der Waals surface area contributed by atoms with E-state index in [1.807, 2.05) is 6.92 Å². The van der Waals surface area contributed by atoms with Crippen LogP contribution in [0.5, 0.6) is 0 Å². The maximum absolute atomic E-state index is 9.73. The zero-order valence-electron chi connectivity index (χ0n) is 8.47. The summed E-state index contributed by atoms with van der Waals surface area (Å²) in [4.78, 5) is 0. The van der Waals surface area contributed by atoms with Gasteiger partial charge in [0.25, 0.3) is 0 Å². The van der Waals surface area contributed by atoms with Crippen molar-refractivity contribution >= 4 is 0 Å². The summed E-state index contributed by atoms with van der Waals surface area (Å²) >= 11 is 0. The molecule has 0 aromatic heterocycles. The molecule has 0 aliphatic rings. The van der Waals surface area contributed by atoms with Crippen molar-refractivity contribution in [1.82, 2.24) is 0 Å². The molecule has 0 aromatic rings. The van der Waals surface area contributed by atoms with Gasteiger partial charge in [-0.15, -0.1) is 0 Å². The first kappa shape index (κ1) is 11.9. The Bertz CT molecular complexity index is 102. The van der Waals surface area contributed by atoms with Gasteiger partial charge in [0.1, 0.15) is 0 Å². The fourth-order valence-electron chi connectivity index (χ4n) is 1.37. The lowest BCUT2D eigenvalue weighted by Gasteiger charge is -2.22. The van der Waals surface area contributed by atoms with Crippen LogP contribution in [-0.4, -0.2) is 17.3 Å². The predicted molar refractivity (Wildman–Crippen MR) is 53.1 cm³/mol. The van der Waals surface area contributed by atoms with Crippen LogP contribution in [0, 0.1) is 0 Å². The van der Waals surface area contributed by atoms with E-state index in [0.29, 0.717) is 6.54 Å². The van der Waals surface area contributed by atoms with Crippen molar-refractivity contribution in [3.05, 3.63) is 0 Å². The van der Waals surface area contributed by atoms with Gasteiger partial charge in [-0.2, -0.15) is 0 Å². The third-order valence-corrected chi connectivity index (χ3v) is 2.25. The summed E-state index contributed by atoms with van der Waals surface area (Å²) in [5.41, 5.74) is 4.86. The number of unbranched alkanes of at least 4 members (excludes halogenated alkanes) is 3. The molecule has 0 spiro atoms. The molecule has 0 heterocycles. The Morgan fingerprint density at radius 2 is 1.83 bits per heavy atom. The fourth-order valence-corrected chi connectivity index (χ4v) is 1.37. The first-order chi connectivity index (χ1) is 5.62. The largest absolute Gasteiger partial charge is 0.390 e. The molecule has 1 atom stereocenters. The van der Waals surface area contributed by atoms with Gasteiger partial charge in [0.2, 0.25) is 0 Å². The van der Waals surface area contributed by atoms with Gasteiger partial charge in [-0.05, 0) is 26.3 Å². The molecular weight excluding hydrogens is 150 g/mol. The maximum atomic E-state index is 9.73. The van der Waals surface area contributed by atoms with E-state index in [2.05, 4.69) is 6.92 Å². The predicted octanol–water partition coefficient (Wildman–Crippen LogP) is 2.06. The number of hydrogen-bond donors (Lipinski definition) is 2. The summed E-state index contributed by atoms with van der Waals surface area (Å²) in [6.07, 6.45) is 6.50. The Labute approximate surface area is 76.2 Å². The normalized spacial score (nSPS) is 16.0. The fraction of sp³-hybridized carbons (Fsp3) is 1.00. The summed E-state index contributed by atoms with van der Waals surface area (Å²) in [5, 5.41) is 9.73. The van der Waals surface area contributed by atoms with Crippen molar-refractivity contribution in [2.24, 2.45) is 5.73 Å². The lowest BCUT2D eigenvalue weighted by Crippen LogP contribution is -2.27. The zero-order chi connectivity index (χ0) is 9.45. The monoisotopic (exact) mass is 173 g/mol. The van der Waals surface area contributed by atoms with Crippen LogP contribution in [0.3, 0.4) is 0 Å². The number of hydrogen-bond acceptors (Lipinski definition) is 2. The van der Waals surface area contributed by atoms with Gasteiger partial charge in [-0.1, -0.05) is 32.6 Å². The van der Waals surface area contributed by atoms with Crippen LogP contribution >= 0.6 is 0 Å². The van der Waals surface area contributed by atoms with Crippen LogP contribution in [0.1, 0.15) is 52.4 Å². The summed E-state index contributed by atoms with van der Waals surface area (Å²) in [6.45, 7) is 4.66. The molecule has 12 heavy (non-hydrogen) atoms. The van der Waals surface area contributed by atoms with Crippen LogP contribution in [0.25, 0.3) is 0 Å². The lowest BCUT2D eigenvalue weighted by atomic mass is 9.95. The Morgan fingerprint density at radius 1 is 1.17 bits per heavy atom. The quantitative estimate of drug-likeness (QED) is 0.579. The Hall–Kier alpha value is -0.0800. The van der Waals surface area contributed by atoms with E-state index in [9.17, 15) is 5.11 Å². The lowest BCUT2D eigenvalue weighted by molar-refractivity contribution is 0.0418. The first-order valence-electron chi connectivity index (χ1n) is 5.05. The van der Waals surface area contributed by atoms with E-state index < -0.39 is 5.60 Å². The van der Waals surface area contributed by atoms with Gasteiger partial charge in [0, 0.05) is 0 Å². The van der Waals surface area contributed by atoms with Crippen molar-refractivity contribution in [2.45, 2.75) is 58.0 Å². The van der Waals surface area contributed by atoms with Crippen LogP contribution in [0.2, 0.25) is 0 Å². The molecule has 1 unspecified atom stereocenters. The molecule has 0 amide bonds. The highest BCUT2D eigenvalue weighted by molar-refractivity contribution is 4.72. The van der Waals surface area contributed by atoms with Crippen LogP contribution in [-0.2, 0) is 0 Å². The second kappa shape index (κ2) is 6.44. The molecule has 2 nitrogen and oxygen atoms in total. The van der Waals surface area contributed by atoms with Crippen LogP contribution in [0.15, 0.2) is 0 Å². The van der Waals surface area contributed by atoms with Crippen molar-refractivity contribution in [1.29, 1.82) is 0 Å². The molecule has 0 aromatic carbocycles. The summed E-state index contributed by atoms with van der Waals surface area (Å²) in [6, 6.07) is 0. The molecule has 0 aliphatic heterocycles. The summed E-state index contributed by atoms with van der Waals surface area (Å²) in [7, 11) is 0. The molecular formula is C10H23NO. The number of aliphatic hydroxyl groups is 1. The minimum Gasteiger partial charge on any atom is -0.390 e. The van der Waals surface area contributed by atoms with Gasteiger partial charge < -0.3 is 10.8 Å². The average Bonchev–Trinajstić information content (AvgIpc) is 1.98. The smallest absolute Gasteiger partial charge is 0.0631 e. The molecule has 74 valence electrons. The van der Waals surface area contributed by atoms with Crippen molar-refractivity contribution in [3.8, 4) is 0 Å². The highest BCUT2D eigenvalue weighted by Gasteiger charge is 2.17.